The largest absolute Gasteiger partial charge is 0.511 e. The fourth-order valence-corrected chi connectivity index (χ4v) is 1.46. The Balaban J connectivity index is 2.59. The average Bonchev–Trinajstić information content (AvgIpc) is 2.49. The van der Waals surface area contributed by atoms with E-state index in [9.17, 15) is 4.79 Å². The zero-order chi connectivity index (χ0) is 10.1. The highest BCUT2D eigenvalue weighted by Gasteiger charge is 2.07. The Hall–Kier alpha value is -1.97. The van der Waals surface area contributed by atoms with Gasteiger partial charge in [0.05, 0.1) is 5.52 Å². The van der Waals surface area contributed by atoms with Gasteiger partial charge in [-0.25, -0.2) is 4.79 Å². The van der Waals surface area contributed by atoms with E-state index in [0.717, 1.165) is 10.9 Å². The van der Waals surface area contributed by atoms with Crippen molar-refractivity contribution in [3.8, 4) is 5.75 Å². The molecule has 1 aromatic heterocycles. The quantitative estimate of drug-likeness (QED) is 0.555. The van der Waals surface area contributed by atoms with Crippen molar-refractivity contribution in [2.24, 2.45) is 7.05 Å². The summed E-state index contributed by atoms with van der Waals surface area (Å²) in [5.41, 5.74) is 0.948. The summed E-state index contributed by atoms with van der Waals surface area (Å²) in [6, 6.07) is 7.13. The van der Waals surface area contributed by atoms with Gasteiger partial charge in [0.15, 0.2) is 0 Å². The van der Waals surface area contributed by atoms with Gasteiger partial charge < -0.3 is 14.4 Å². The van der Waals surface area contributed by atoms with Crippen LogP contribution in [0, 0.1) is 0 Å². The van der Waals surface area contributed by atoms with Crippen LogP contribution in [0.25, 0.3) is 10.9 Å². The fraction of sp³-hybridized carbons (Fsp3) is 0.100. The summed E-state index contributed by atoms with van der Waals surface area (Å²) in [4.78, 5) is 10.4. The number of aryl methyl sites for hydroxylation is 1. The molecule has 2 aromatic rings. The van der Waals surface area contributed by atoms with Gasteiger partial charge >= 0.3 is 6.16 Å². The van der Waals surface area contributed by atoms with Crippen LogP contribution in [0.3, 0.4) is 0 Å². The smallest absolute Gasteiger partial charge is 0.449 e. The van der Waals surface area contributed by atoms with Crippen molar-refractivity contribution in [1.29, 1.82) is 0 Å². The van der Waals surface area contributed by atoms with Gasteiger partial charge in [-0.1, -0.05) is 6.07 Å². The Labute approximate surface area is 80.3 Å². The van der Waals surface area contributed by atoms with E-state index in [4.69, 9.17) is 5.11 Å². The van der Waals surface area contributed by atoms with E-state index in [0.29, 0.717) is 5.75 Å². The summed E-state index contributed by atoms with van der Waals surface area (Å²) >= 11 is 0. The van der Waals surface area contributed by atoms with Crippen LogP contribution in [0.4, 0.5) is 4.79 Å². The highest BCUT2D eigenvalue weighted by atomic mass is 16.7. The van der Waals surface area contributed by atoms with E-state index in [1.807, 2.05) is 29.9 Å². The maximum absolute atomic E-state index is 10.4. The highest BCUT2D eigenvalue weighted by molar-refractivity contribution is 5.87. The third kappa shape index (κ3) is 1.31. The number of carbonyl (C=O) groups is 1. The number of carboxylic acid groups (broad SMARTS) is 1. The van der Waals surface area contributed by atoms with Gasteiger partial charge in [0, 0.05) is 18.6 Å². The van der Waals surface area contributed by atoms with Crippen LogP contribution >= 0.6 is 0 Å². The normalized spacial score (nSPS) is 10.4. The molecule has 0 unspecified atom stereocenters. The average molecular weight is 191 g/mol. The molecule has 0 spiro atoms. The van der Waals surface area contributed by atoms with Crippen LogP contribution in [-0.4, -0.2) is 15.8 Å². The molecular formula is C10H9NO3. The lowest BCUT2D eigenvalue weighted by Crippen LogP contribution is -2.02. The van der Waals surface area contributed by atoms with E-state index < -0.39 is 6.16 Å². The number of ether oxygens (including phenoxy) is 1. The van der Waals surface area contributed by atoms with Crippen molar-refractivity contribution in [2.45, 2.75) is 0 Å². The lowest BCUT2D eigenvalue weighted by atomic mass is 10.2. The molecule has 0 amide bonds. The number of aromatic nitrogens is 1. The summed E-state index contributed by atoms with van der Waals surface area (Å²) in [6.07, 6.45) is 0.570. The molecule has 4 heteroatoms. The van der Waals surface area contributed by atoms with Crippen LogP contribution in [0.1, 0.15) is 0 Å². The van der Waals surface area contributed by atoms with Crippen LogP contribution in [0.2, 0.25) is 0 Å². The van der Waals surface area contributed by atoms with Gasteiger partial charge in [0.25, 0.3) is 0 Å². The Morgan fingerprint density at radius 3 is 2.93 bits per heavy atom. The molecule has 0 atom stereocenters. The minimum atomic E-state index is -1.29. The SMILES string of the molecule is Cn1ccc2c(OC(=O)O)cccc21. The highest BCUT2D eigenvalue weighted by Crippen LogP contribution is 2.25. The first-order valence-electron chi connectivity index (χ1n) is 4.13. The third-order valence-corrected chi connectivity index (χ3v) is 2.09. The van der Waals surface area contributed by atoms with Crippen molar-refractivity contribution < 1.29 is 14.6 Å². The van der Waals surface area contributed by atoms with Gasteiger partial charge in [-0.15, -0.1) is 0 Å². The Morgan fingerprint density at radius 1 is 1.43 bits per heavy atom. The second kappa shape index (κ2) is 3.06. The van der Waals surface area contributed by atoms with Crippen LogP contribution in [0.15, 0.2) is 30.5 Å². The molecule has 0 saturated carbocycles. The lowest BCUT2D eigenvalue weighted by Gasteiger charge is -2.01. The van der Waals surface area contributed by atoms with E-state index in [2.05, 4.69) is 4.74 Å². The molecule has 0 bridgehead atoms. The molecule has 2 rings (SSSR count). The molecule has 1 N–H and O–H groups in total. The molecule has 1 aromatic carbocycles. The summed E-state index contributed by atoms with van der Waals surface area (Å²) < 4.78 is 6.55. The van der Waals surface area contributed by atoms with Crippen molar-refractivity contribution in [3.63, 3.8) is 0 Å². The summed E-state index contributed by atoms with van der Waals surface area (Å²) in [6.45, 7) is 0. The first kappa shape index (κ1) is 8.62. The summed E-state index contributed by atoms with van der Waals surface area (Å²) in [5, 5.41) is 9.31. The minimum absolute atomic E-state index is 0.371. The predicted octanol–water partition coefficient (Wildman–Crippen LogP) is 2.24. The van der Waals surface area contributed by atoms with E-state index in [1.165, 1.54) is 0 Å². The maximum atomic E-state index is 10.4. The maximum Gasteiger partial charge on any atom is 0.511 e. The summed E-state index contributed by atoms with van der Waals surface area (Å²) in [5.74, 6) is 0.371. The summed E-state index contributed by atoms with van der Waals surface area (Å²) in [7, 11) is 1.90. The Bertz CT molecular complexity index is 487. The second-order valence-corrected chi connectivity index (χ2v) is 2.98. The molecule has 4 nitrogen and oxygen atoms in total. The zero-order valence-electron chi connectivity index (χ0n) is 7.60. The van der Waals surface area contributed by atoms with Gasteiger partial charge in [0.1, 0.15) is 5.75 Å². The number of fused-ring (bicyclic) bond motifs is 1. The Kier molecular flexibility index (Phi) is 1.89. The standard InChI is InChI=1S/C10H9NO3/c1-11-6-5-7-8(11)3-2-4-9(7)14-10(12)13/h2-6H,1H3,(H,12,13). The van der Waals surface area contributed by atoms with E-state index >= 15 is 0 Å². The second-order valence-electron chi connectivity index (χ2n) is 2.98. The molecule has 0 aliphatic rings. The first-order chi connectivity index (χ1) is 6.68. The van der Waals surface area contributed by atoms with Crippen molar-refractivity contribution in [2.75, 3.05) is 0 Å². The van der Waals surface area contributed by atoms with Crippen LogP contribution in [-0.2, 0) is 7.05 Å². The van der Waals surface area contributed by atoms with Crippen LogP contribution in [0.5, 0.6) is 5.75 Å². The topological polar surface area (TPSA) is 51.5 Å². The molecule has 0 radical (unpaired) electrons. The monoisotopic (exact) mass is 191 g/mol. The van der Waals surface area contributed by atoms with Crippen molar-refractivity contribution >= 4 is 17.1 Å². The lowest BCUT2D eigenvalue weighted by molar-refractivity contribution is 0.145. The van der Waals surface area contributed by atoms with E-state index in [1.54, 1.807) is 12.1 Å². The molecule has 14 heavy (non-hydrogen) atoms. The van der Waals surface area contributed by atoms with Gasteiger partial charge in [-0.3, -0.25) is 0 Å². The molecular weight excluding hydrogens is 182 g/mol. The minimum Gasteiger partial charge on any atom is -0.449 e. The van der Waals surface area contributed by atoms with Gasteiger partial charge in [0.2, 0.25) is 0 Å². The first-order valence-corrected chi connectivity index (χ1v) is 4.13. The van der Waals surface area contributed by atoms with Crippen LogP contribution < -0.4 is 4.74 Å². The molecule has 72 valence electrons. The third-order valence-electron chi connectivity index (χ3n) is 2.09. The number of hydrogen-bond acceptors (Lipinski definition) is 2. The fourth-order valence-electron chi connectivity index (χ4n) is 1.46. The molecule has 0 saturated heterocycles. The Morgan fingerprint density at radius 2 is 2.21 bits per heavy atom. The number of rotatable bonds is 1. The molecule has 0 aliphatic heterocycles. The van der Waals surface area contributed by atoms with Gasteiger partial charge in [-0.05, 0) is 18.2 Å². The number of nitrogens with zero attached hydrogens (tertiary/aromatic N) is 1. The molecule has 0 fully saturated rings. The molecule has 0 aliphatic carbocycles. The number of benzene rings is 1. The van der Waals surface area contributed by atoms with Crippen molar-refractivity contribution in [3.05, 3.63) is 30.5 Å². The number of hydrogen-bond donors (Lipinski definition) is 1. The molecule has 1 heterocycles. The predicted molar refractivity (Wildman–Crippen MR) is 51.6 cm³/mol. The van der Waals surface area contributed by atoms with Crippen molar-refractivity contribution in [1.82, 2.24) is 4.57 Å². The van der Waals surface area contributed by atoms with Gasteiger partial charge in [-0.2, -0.15) is 0 Å². The van der Waals surface area contributed by atoms with E-state index in [-0.39, 0.29) is 0 Å². The zero-order valence-corrected chi connectivity index (χ0v) is 7.60.